The van der Waals surface area contributed by atoms with E-state index in [2.05, 4.69) is 26.8 Å². The summed E-state index contributed by atoms with van der Waals surface area (Å²) in [4.78, 5) is 15.0. The van der Waals surface area contributed by atoms with Crippen LogP contribution in [0.25, 0.3) is 16.9 Å². The fourth-order valence-corrected chi connectivity index (χ4v) is 3.10. The molecule has 0 saturated carbocycles. The maximum Gasteiger partial charge on any atom is 0.411 e. The summed E-state index contributed by atoms with van der Waals surface area (Å²) in [6.07, 6.45) is -0.794. The summed E-state index contributed by atoms with van der Waals surface area (Å²) in [5.74, 6) is 0.0385. The average Bonchev–Trinajstić information content (AvgIpc) is 3.15. The molecule has 4 aromatic rings. The highest BCUT2D eigenvalue weighted by molar-refractivity contribution is 5.80. The molecule has 2 aromatic carbocycles. The van der Waals surface area contributed by atoms with Crippen molar-refractivity contribution in [3.05, 3.63) is 77.9 Å². The van der Waals surface area contributed by atoms with Crippen LogP contribution in [0.4, 0.5) is 16.4 Å². The minimum Gasteiger partial charge on any atom is -0.465 e. The van der Waals surface area contributed by atoms with Gasteiger partial charge in [0.15, 0.2) is 5.65 Å². The summed E-state index contributed by atoms with van der Waals surface area (Å²) in [6, 6.07) is 23.5. The molecule has 0 spiro atoms. The molecule has 8 heteroatoms. The Hall–Kier alpha value is -4.38. The van der Waals surface area contributed by atoms with E-state index in [9.17, 15) is 4.79 Å². The normalized spacial score (nSPS) is 10.5. The van der Waals surface area contributed by atoms with Gasteiger partial charge in [0, 0.05) is 17.8 Å². The van der Waals surface area contributed by atoms with Crippen LogP contribution in [0.3, 0.4) is 0 Å². The molecule has 0 atom stereocenters. The number of rotatable bonds is 6. The Morgan fingerprint density at radius 3 is 2.47 bits per heavy atom. The number of nitriles is 1. The van der Waals surface area contributed by atoms with Gasteiger partial charge in [-0.25, -0.2) is 9.31 Å². The lowest BCUT2D eigenvalue weighted by atomic mass is 10.1. The zero-order valence-corrected chi connectivity index (χ0v) is 15.9. The number of carboxylic acid groups (broad SMARTS) is 1. The van der Waals surface area contributed by atoms with Crippen LogP contribution in [0.15, 0.2) is 66.7 Å². The molecule has 0 radical (unpaired) electrons. The van der Waals surface area contributed by atoms with Gasteiger partial charge >= 0.3 is 6.09 Å². The first-order valence-electron chi connectivity index (χ1n) is 9.27. The monoisotopic (exact) mass is 398 g/mol. The van der Waals surface area contributed by atoms with E-state index in [-0.39, 0.29) is 5.95 Å². The molecule has 0 fully saturated rings. The molecule has 0 aliphatic rings. The molecule has 2 aromatic heterocycles. The first-order valence-corrected chi connectivity index (χ1v) is 9.27. The highest BCUT2D eigenvalue weighted by Crippen LogP contribution is 2.22. The van der Waals surface area contributed by atoms with E-state index >= 15 is 0 Å². The second-order valence-corrected chi connectivity index (χ2v) is 6.63. The van der Waals surface area contributed by atoms with Crippen molar-refractivity contribution in [3.8, 4) is 17.3 Å². The Balaban J connectivity index is 1.49. The van der Waals surface area contributed by atoms with Gasteiger partial charge in [-0.1, -0.05) is 42.5 Å². The van der Waals surface area contributed by atoms with Gasteiger partial charge in [0.1, 0.15) is 0 Å². The van der Waals surface area contributed by atoms with Crippen LogP contribution in [-0.4, -0.2) is 25.8 Å². The second kappa shape index (κ2) is 8.32. The van der Waals surface area contributed by atoms with Crippen LogP contribution < -0.4 is 10.6 Å². The summed E-state index contributed by atoms with van der Waals surface area (Å²) in [5.41, 5.74) is 5.41. The van der Waals surface area contributed by atoms with E-state index < -0.39 is 6.09 Å². The predicted octanol–water partition coefficient (Wildman–Crippen LogP) is 4.16. The molecular formula is C22H18N6O2. The van der Waals surface area contributed by atoms with Crippen molar-refractivity contribution in [3.63, 3.8) is 0 Å². The van der Waals surface area contributed by atoms with Crippen LogP contribution in [0.5, 0.6) is 0 Å². The van der Waals surface area contributed by atoms with Gasteiger partial charge in [0.05, 0.1) is 18.2 Å². The summed E-state index contributed by atoms with van der Waals surface area (Å²) in [6.45, 7) is 0.665. The van der Waals surface area contributed by atoms with Gasteiger partial charge < -0.3 is 10.4 Å². The first kappa shape index (κ1) is 19.0. The van der Waals surface area contributed by atoms with Crippen molar-refractivity contribution in [1.82, 2.24) is 14.6 Å². The van der Waals surface area contributed by atoms with E-state index in [0.717, 1.165) is 28.1 Å². The molecule has 0 aliphatic carbocycles. The number of nitrogens with one attached hydrogen (secondary N) is 2. The van der Waals surface area contributed by atoms with Gasteiger partial charge in [-0.2, -0.15) is 10.2 Å². The molecule has 8 nitrogen and oxygen atoms in total. The van der Waals surface area contributed by atoms with Gasteiger partial charge in [0.2, 0.25) is 0 Å². The third-order valence-corrected chi connectivity index (χ3v) is 4.56. The highest BCUT2D eigenvalue weighted by Gasteiger charge is 2.10. The number of pyridine rings is 1. The smallest absolute Gasteiger partial charge is 0.411 e. The first-order chi connectivity index (χ1) is 14.6. The molecule has 0 saturated heterocycles. The fourth-order valence-electron chi connectivity index (χ4n) is 3.10. The van der Waals surface area contributed by atoms with Gasteiger partial charge in [-0.15, -0.1) is 5.10 Å². The Bertz CT molecular complexity index is 1220. The summed E-state index contributed by atoms with van der Waals surface area (Å²) in [5, 5.41) is 27.4. The van der Waals surface area contributed by atoms with Crippen LogP contribution >= 0.6 is 0 Å². The lowest BCUT2D eigenvalue weighted by Gasteiger charge is -2.09. The van der Waals surface area contributed by atoms with E-state index in [1.807, 2.05) is 60.7 Å². The molecule has 0 aliphatic heterocycles. The highest BCUT2D eigenvalue weighted by atomic mass is 16.4. The number of anilines is 2. The maximum absolute atomic E-state index is 10.8. The van der Waals surface area contributed by atoms with Gasteiger partial charge in [-0.3, -0.25) is 5.32 Å². The third-order valence-electron chi connectivity index (χ3n) is 4.56. The number of carbonyl (C=O) groups is 1. The zero-order chi connectivity index (χ0) is 20.9. The van der Waals surface area contributed by atoms with E-state index in [4.69, 9.17) is 10.4 Å². The Labute approximate surface area is 172 Å². The van der Waals surface area contributed by atoms with Crippen LogP contribution in [-0.2, 0) is 13.0 Å². The molecule has 0 unspecified atom stereocenters. The van der Waals surface area contributed by atoms with Crippen molar-refractivity contribution >= 4 is 23.4 Å². The van der Waals surface area contributed by atoms with E-state index in [1.54, 1.807) is 10.6 Å². The minimum atomic E-state index is -1.20. The standard InChI is InChI=1S/C22H18N6O2/c23-13-12-15-6-10-18(11-7-15)24-14-16-4-8-17(9-5-16)19-2-1-3-20-25-21(26-22(29)30)27-28(19)20/h1-11,24H,12,14H2,(H,26,27)(H,29,30). The average molecular weight is 398 g/mol. The summed E-state index contributed by atoms with van der Waals surface area (Å²) in [7, 11) is 0. The minimum absolute atomic E-state index is 0.0385. The lowest BCUT2D eigenvalue weighted by Crippen LogP contribution is -2.08. The lowest BCUT2D eigenvalue weighted by molar-refractivity contribution is 0.209. The SMILES string of the molecule is N#CCc1ccc(NCc2ccc(-c3cccc4nc(NC(=O)O)nn34)cc2)cc1. The Morgan fingerprint density at radius 1 is 1.03 bits per heavy atom. The summed E-state index contributed by atoms with van der Waals surface area (Å²) < 4.78 is 1.61. The number of hydrogen-bond acceptors (Lipinski definition) is 5. The topological polar surface area (TPSA) is 115 Å². The molecule has 148 valence electrons. The summed E-state index contributed by atoms with van der Waals surface area (Å²) >= 11 is 0. The third kappa shape index (κ3) is 4.20. The number of hydrogen-bond donors (Lipinski definition) is 3. The van der Waals surface area contributed by atoms with Crippen molar-refractivity contribution in [2.24, 2.45) is 0 Å². The molecule has 30 heavy (non-hydrogen) atoms. The number of benzene rings is 2. The van der Waals surface area contributed by atoms with Gasteiger partial charge in [-0.05, 0) is 35.4 Å². The second-order valence-electron chi connectivity index (χ2n) is 6.63. The molecule has 4 rings (SSSR count). The Kier molecular flexibility index (Phi) is 5.26. The number of fused-ring (bicyclic) bond motifs is 1. The number of amides is 1. The van der Waals surface area contributed by atoms with Crippen LogP contribution in [0.2, 0.25) is 0 Å². The van der Waals surface area contributed by atoms with E-state index in [1.165, 1.54) is 0 Å². The molecule has 2 heterocycles. The molecule has 0 bridgehead atoms. The quantitative estimate of drug-likeness (QED) is 0.449. The van der Waals surface area contributed by atoms with E-state index in [0.29, 0.717) is 18.6 Å². The molecule has 3 N–H and O–H groups in total. The van der Waals surface area contributed by atoms with Crippen molar-refractivity contribution in [2.45, 2.75) is 13.0 Å². The van der Waals surface area contributed by atoms with Crippen LogP contribution in [0, 0.1) is 11.3 Å². The zero-order valence-electron chi connectivity index (χ0n) is 15.9. The van der Waals surface area contributed by atoms with Crippen molar-refractivity contribution in [2.75, 3.05) is 10.6 Å². The van der Waals surface area contributed by atoms with Crippen LogP contribution in [0.1, 0.15) is 11.1 Å². The largest absolute Gasteiger partial charge is 0.465 e. The van der Waals surface area contributed by atoms with Gasteiger partial charge in [0.25, 0.3) is 5.95 Å². The number of aromatic nitrogens is 3. The maximum atomic E-state index is 10.8. The van der Waals surface area contributed by atoms with Crippen molar-refractivity contribution < 1.29 is 9.90 Å². The predicted molar refractivity (Wildman–Crippen MR) is 113 cm³/mol. The molecule has 1 amide bonds. The van der Waals surface area contributed by atoms with Crippen molar-refractivity contribution in [1.29, 1.82) is 5.26 Å². The fraction of sp³-hybridized carbons (Fsp3) is 0.0909. The number of nitrogens with zero attached hydrogens (tertiary/aromatic N) is 4. The molecular weight excluding hydrogens is 380 g/mol. The Morgan fingerprint density at radius 2 is 1.77 bits per heavy atom.